The van der Waals surface area contributed by atoms with Crippen LogP contribution >= 0.6 is 8.58 Å². The number of hydrogen-bond donors (Lipinski definition) is 0. The Labute approximate surface area is 192 Å². The molecule has 30 heavy (non-hydrogen) atoms. The molecule has 2 unspecified atom stereocenters. The smallest absolute Gasteiger partial charge is 1.00 e. The molecule has 2 aliphatic rings. The van der Waals surface area contributed by atoms with Crippen LogP contribution in [0.25, 0.3) is 5.31 Å². The van der Waals surface area contributed by atoms with E-state index in [-0.39, 0.29) is 14.8 Å². The predicted octanol–water partition coefficient (Wildman–Crippen LogP) is 1.22. The second-order valence-electron chi connectivity index (χ2n) is 8.59. The quantitative estimate of drug-likeness (QED) is 0.372. The normalized spacial score (nSPS) is 19.7. The van der Waals surface area contributed by atoms with E-state index in [0.29, 0.717) is 3.67 Å². The number of benzene rings is 2. The van der Waals surface area contributed by atoms with Crippen molar-refractivity contribution in [1.29, 1.82) is 0 Å². The summed E-state index contributed by atoms with van der Waals surface area (Å²) in [7, 11) is 0.759. The Morgan fingerprint density at radius 1 is 0.800 bits per heavy atom. The van der Waals surface area contributed by atoms with Crippen molar-refractivity contribution in [3.63, 3.8) is 0 Å². The second-order valence-corrected chi connectivity index (χ2v) is 14.8. The van der Waals surface area contributed by atoms with Crippen LogP contribution in [0.15, 0.2) is 80.2 Å². The molecule has 0 bridgehead atoms. The Morgan fingerprint density at radius 3 is 2.00 bits per heavy atom. The maximum Gasteiger partial charge on any atom is -1.00 e. The van der Waals surface area contributed by atoms with Crippen molar-refractivity contribution in [3.05, 3.63) is 91.3 Å². The molecule has 0 heterocycles. The van der Waals surface area contributed by atoms with Crippen molar-refractivity contribution in [1.82, 2.24) is 0 Å². The van der Waals surface area contributed by atoms with Gasteiger partial charge in [0.25, 0.3) is 0 Å². The Balaban J connectivity index is 0.00000160. The van der Waals surface area contributed by atoms with Gasteiger partial charge >= 0.3 is 184 Å². The molecule has 0 spiro atoms. The van der Waals surface area contributed by atoms with E-state index >= 15 is 0 Å². The molecule has 2 aliphatic carbocycles. The maximum atomic E-state index is 2.46. The Kier molecular flexibility index (Phi) is 7.97. The fourth-order valence-corrected chi connectivity index (χ4v) is 13.7. The minimum atomic E-state index is -1.08. The van der Waals surface area contributed by atoms with Crippen molar-refractivity contribution in [2.75, 3.05) is 0 Å². The number of allylic oxidation sites excluding steroid dienone is 5. The van der Waals surface area contributed by atoms with Gasteiger partial charge in [0.2, 0.25) is 0 Å². The first-order chi connectivity index (χ1) is 13.3. The van der Waals surface area contributed by atoms with Crippen LogP contribution in [0.2, 0.25) is 0 Å². The average Bonchev–Trinajstić information content (AvgIpc) is 3.03. The van der Waals surface area contributed by atoms with Crippen molar-refractivity contribution in [2.24, 2.45) is 5.41 Å². The van der Waals surface area contributed by atoms with Gasteiger partial charge < -0.3 is 9.41 Å². The van der Waals surface area contributed by atoms with E-state index in [2.05, 4.69) is 96.1 Å². The molecule has 0 saturated carbocycles. The molecule has 0 radical (unpaired) electrons. The molecular formula is C26H29F2HfP. The van der Waals surface area contributed by atoms with Crippen molar-refractivity contribution >= 4 is 19.2 Å². The zero-order valence-corrected chi connectivity index (χ0v) is 23.1. The van der Waals surface area contributed by atoms with Crippen LogP contribution in [0.1, 0.15) is 56.3 Å². The first-order valence-electron chi connectivity index (χ1n) is 10.1. The summed E-state index contributed by atoms with van der Waals surface area (Å²) in [6.07, 6.45) is 0. The van der Waals surface area contributed by atoms with Crippen LogP contribution in [-0.4, -0.2) is 0 Å². The molecule has 2 atom stereocenters. The van der Waals surface area contributed by atoms with E-state index in [0.717, 1.165) is 8.58 Å². The third kappa shape index (κ3) is 4.13. The van der Waals surface area contributed by atoms with Crippen LogP contribution in [0.4, 0.5) is 0 Å². The van der Waals surface area contributed by atoms with Crippen LogP contribution in [0, 0.1) is 5.41 Å². The molecule has 0 saturated heterocycles. The van der Waals surface area contributed by atoms with Crippen molar-refractivity contribution in [2.45, 2.75) is 45.2 Å². The molecule has 4 heteroatoms. The second kappa shape index (κ2) is 9.53. The van der Waals surface area contributed by atoms with Gasteiger partial charge in [-0.05, 0) is 0 Å². The summed E-state index contributed by atoms with van der Waals surface area (Å²) in [5.74, 6) is 0. The van der Waals surface area contributed by atoms with Crippen LogP contribution in [0.5, 0.6) is 0 Å². The summed E-state index contributed by atoms with van der Waals surface area (Å²) < 4.78 is 2.52. The minimum Gasteiger partial charge on any atom is -1.00 e. The molecule has 0 amide bonds. The first-order valence-corrected chi connectivity index (χ1v) is 15.0. The standard InChI is InChI=1S/C16H14P.C10H15.2FH.Hf/c1-12-11-13-7-5-6-10-15(13)16(12)17-14-8-3-2-4-9-14;1-7-6-10(4,5)9(3)8(7)2;;;/h2-11,17H,1H3;1-5H3;2*1H;/q;;;;+2/p-2. The molecule has 4 rings (SSSR count). The maximum absolute atomic E-state index is 2.46. The van der Waals surface area contributed by atoms with E-state index in [4.69, 9.17) is 0 Å². The fraction of sp³-hybridized carbons (Fsp3) is 0.308. The summed E-state index contributed by atoms with van der Waals surface area (Å²) in [4.78, 5) is 0. The topological polar surface area (TPSA) is 0 Å². The summed E-state index contributed by atoms with van der Waals surface area (Å²) in [6.45, 7) is 14.4. The van der Waals surface area contributed by atoms with Gasteiger partial charge in [-0.2, -0.15) is 0 Å². The van der Waals surface area contributed by atoms with E-state index < -0.39 is 22.9 Å². The Bertz CT molecular complexity index is 1030. The molecular weight excluding hydrogens is 560 g/mol. The fourth-order valence-electron chi connectivity index (χ4n) is 4.61. The van der Waals surface area contributed by atoms with Gasteiger partial charge in [-0.3, -0.25) is 0 Å². The summed E-state index contributed by atoms with van der Waals surface area (Å²) >= 11 is -1.08. The van der Waals surface area contributed by atoms with Gasteiger partial charge in [0, 0.05) is 0 Å². The molecule has 0 fully saturated rings. The van der Waals surface area contributed by atoms with Crippen molar-refractivity contribution in [3.8, 4) is 0 Å². The first kappa shape index (κ1) is 25.1. The molecule has 0 N–H and O–H groups in total. The largest absolute Gasteiger partial charge is 1.00 e. The molecule has 0 aliphatic heterocycles. The average molecular weight is 589 g/mol. The van der Waals surface area contributed by atoms with Crippen LogP contribution < -0.4 is 14.7 Å². The molecule has 2 aromatic carbocycles. The summed E-state index contributed by atoms with van der Waals surface area (Å²) in [6, 6.07) is 20.2. The van der Waals surface area contributed by atoms with Gasteiger partial charge in [0.1, 0.15) is 0 Å². The number of rotatable bonds is 4. The molecule has 0 nitrogen and oxygen atoms in total. The van der Waals surface area contributed by atoms with Crippen molar-refractivity contribution < 1.29 is 32.3 Å². The third-order valence-electron chi connectivity index (χ3n) is 6.76. The third-order valence-corrected chi connectivity index (χ3v) is 16.6. The Morgan fingerprint density at radius 2 is 1.40 bits per heavy atom. The minimum absolute atomic E-state index is 0. The summed E-state index contributed by atoms with van der Waals surface area (Å²) in [5, 5.41) is 3.06. The number of halogens is 2. The van der Waals surface area contributed by atoms with Crippen LogP contribution in [0.3, 0.4) is 0 Å². The van der Waals surface area contributed by atoms with Crippen LogP contribution in [-0.2, 0) is 22.9 Å². The predicted molar refractivity (Wildman–Crippen MR) is 121 cm³/mol. The Hall–Kier alpha value is -1.18. The van der Waals surface area contributed by atoms with Gasteiger partial charge in [0.05, 0.1) is 0 Å². The van der Waals surface area contributed by atoms with Gasteiger partial charge in [0.15, 0.2) is 0 Å². The molecule has 2 aromatic rings. The number of fused-ring (bicyclic) bond motifs is 1. The zero-order valence-electron chi connectivity index (χ0n) is 18.5. The van der Waals surface area contributed by atoms with Gasteiger partial charge in [-0.1, -0.05) is 0 Å². The van der Waals surface area contributed by atoms with Gasteiger partial charge in [-0.25, -0.2) is 0 Å². The van der Waals surface area contributed by atoms with E-state index in [1.54, 1.807) is 33.2 Å². The summed E-state index contributed by atoms with van der Waals surface area (Å²) in [5.41, 5.74) is 9.80. The van der Waals surface area contributed by atoms with E-state index in [1.165, 1.54) is 10.9 Å². The molecule has 0 aromatic heterocycles. The van der Waals surface area contributed by atoms with E-state index in [1.807, 2.05) is 3.33 Å². The van der Waals surface area contributed by atoms with E-state index in [9.17, 15) is 0 Å². The zero-order chi connectivity index (χ0) is 20.1. The van der Waals surface area contributed by atoms with Gasteiger partial charge in [-0.15, -0.1) is 0 Å². The monoisotopic (exact) mass is 590 g/mol. The molecule has 156 valence electrons. The number of hydrogen-bond acceptors (Lipinski definition) is 0. The SMILES string of the molecule is CC1=C(C)C(C)(C)[C]([Hf+2][CH]2C(C)=C(Pc3ccccc3)c3ccccc32)=C1C.[F-].[F-].